The van der Waals surface area contributed by atoms with Crippen LogP contribution in [-0.4, -0.2) is 31.5 Å². The first-order chi connectivity index (χ1) is 6.18. The van der Waals surface area contributed by atoms with Gasteiger partial charge in [-0.1, -0.05) is 0 Å². The zero-order chi connectivity index (χ0) is 9.31. The molecule has 0 spiro atoms. The summed E-state index contributed by atoms with van der Waals surface area (Å²) in [5.74, 6) is -2.04. The average Bonchev–Trinajstić information content (AvgIpc) is 1.97. The van der Waals surface area contributed by atoms with E-state index in [9.17, 15) is 4.39 Å². The van der Waals surface area contributed by atoms with Gasteiger partial charge >= 0.3 is 0 Å². The molecule has 3 N–H and O–H groups in total. The predicted molar refractivity (Wildman–Crippen MR) is 43.4 cm³/mol. The van der Waals surface area contributed by atoms with E-state index in [1.165, 1.54) is 12.3 Å². The second-order valence-corrected chi connectivity index (χ2v) is 2.89. The molecule has 2 heterocycles. The van der Waals surface area contributed by atoms with E-state index in [0.29, 0.717) is 13.2 Å². The Kier molecular flexibility index (Phi) is 2.03. The summed E-state index contributed by atoms with van der Waals surface area (Å²) in [4.78, 5) is 3.78. The van der Waals surface area contributed by atoms with Crippen molar-refractivity contribution < 1.29 is 13.9 Å². The minimum absolute atomic E-state index is 0.111. The molecule has 1 atom stereocenters. The molecule has 0 aromatic carbocycles. The van der Waals surface area contributed by atoms with Crippen molar-refractivity contribution in [2.45, 2.75) is 12.1 Å². The standard InChI is InChI=1S/C7H10FN3O2/c8-6-1-2-10-7(9,11-6)13-5-3-12-4-5/h1-2,5,11H,3-4,9H2. The molecule has 2 rings (SSSR count). The monoisotopic (exact) mass is 187 g/mol. The van der Waals surface area contributed by atoms with Crippen molar-refractivity contribution in [3.63, 3.8) is 0 Å². The third-order valence-corrected chi connectivity index (χ3v) is 1.74. The topological polar surface area (TPSA) is 68.9 Å². The number of nitrogens with two attached hydrogens (primary N) is 1. The van der Waals surface area contributed by atoms with Crippen LogP contribution in [0.2, 0.25) is 0 Å². The van der Waals surface area contributed by atoms with E-state index < -0.39 is 11.9 Å². The van der Waals surface area contributed by atoms with Crippen molar-refractivity contribution in [1.82, 2.24) is 5.32 Å². The second-order valence-electron chi connectivity index (χ2n) is 2.89. The van der Waals surface area contributed by atoms with Gasteiger partial charge in [0.2, 0.25) is 0 Å². The van der Waals surface area contributed by atoms with Crippen LogP contribution in [-0.2, 0) is 9.47 Å². The average molecular weight is 187 g/mol. The smallest absolute Gasteiger partial charge is 0.299 e. The SMILES string of the molecule is NC1(OC2COC2)N=CC=C(F)N1. The van der Waals surface area contributed by atoms with Gasteiger partial charge in [-0.3, -0.25) is 5.73 Å². The molecule has 1 fully saturated rings. The maximum Gasteiger partial charge on any atom is 0.299 e. The summed E-state index contributed by atoms with van der Waals surface area (Å²) in [5, 5.41) is 2.29. The quantitative estimate of drug-likeness (QED) is 0.450. The van der Waals surface area contributed by atoms with Crippen LogP contribution in [0.1, 0.15) is 0 Å². The Labute approximate surface area is 74.4 Å². The van der Waals surface area contributed by atoms with Crippen molar-refractivity contribution in [2.75, 3.05) is 13.2 Å². The van der Waals surface area contributed by atoms with Gasteiger partial charge in [-0.05, 0) is 0 Å². The summed E-state index contributed by atoms with van der Waals surface area (Å²) < 4.78 is 22.8. The van der Waals surface area contributed by atoms with Gasteiger partial charge in [0.15, 0.2) is 5.95 Å². The molecule has 0 amide bonds. The van der Waals surface area contributed by atoms with Crippen LogP contribution in [0.4, 0.5) is 4.39 Å². The maximum atomic E-state index is 12.7. The minimum atomic E-state index is -1.48. The fourth-order valence-corrected chi connectivity index (χ4v) is 1.05. The molecule has 72 valence electrons. The van der Waals surface area contributed by atoms with E-state index in [2.05, 4.69) is 10.3 Å². The number of nitrogens with one attached hydrogen (secondary N) is 1. The molecular formula is C7H10FN3O2. The molecule has 1 saturated heterocycles. The Balaban J connectivity index is 1.96. The van der Waals surface area contributed by atoms with E-state index in [4.69, 9.17) is 15.2 Å². The third-order valence-electron chi connectivity index (χ3n) is 1.74. The first-order valence-corrected chi connectivity index (χ1v) is 3.92. The van der Waals surface area contributed by atoms with Gasteiger partial charge in [-0.15, -0.1) is 0 Å². The Morgan fingerprint density at radius 1 is 1.77 bits per heavy atom. The van der Waals surface area contributed by atoms with Crippen molar-refractivity contribution in [3.8, 4) is 0 Å². The summed E-state index contributed by atoms with van der Waals surface area (Å²) >= 11 is 0. The highest BCUT2D eigenvalue weighted by Crippen LogP contribution is 2.15. The number of allylic oxidation sites excluding steroid dienone is 1. The van der Waals surface area contributed by atoms with Crippen LogP contribution in [0, 0.1) is 0 Å². The number of hydrogen-bond acceptors (Lipinski definition) is 5. The highest BCUT2D eigenvalue weighted by Gasteiger charge is 2.34. The van der Waals surface area contributed by atoms with Gasteiger partial charge < -0.3 is 14.8 Å². The number of hydrogen-bond donors (Lipinski definition) is 2. The predicted octanol–water partition coefficient (Wildman–Crippen LogP) is -0.543. The van der Waals surface area contributed by atoms with Gasteiger partial charge in [0, 0.05) is 12.3 Å². The maximum absolute atomic E-state index is 12.7. The lowest BCUT2D eigenvalue weighted by molar-refractivity contribution is -0.197. The number of aliphatic imine (C=N–C) groups is 1. The number of halogens is 1. The Morgan fingerprint density at radius 2 is 2.54 bits per heavy atom. The number of nitrogens with zero attached hydrogens (tertiary/aromatic N) is 1. The third kappa shape index (κ3) is 1.85. The number of ether oxygens (including phenoxy) is 2. The lowest BCUT2D eigenvalue weighted by Crippen LogP contribution is -2.58. The lowest BCUT2D eigenvalue weighted by atomic mass is 10.3. The lowest BCUT2D eigenvalue weighted by Gasteiger charge is -2.35. The molecule has 2 aliphatic rings. The first-order valence-electron chi connectivity index (χ1n) is 3.92. The second kappa shape index (κ2) is 3.06. The van der Waals surface area contributed by atoms with E-state index in [0.717, 1.165) is 0 Å². The minimum Gasteiger partial charge on any atom is -0.376 e. The van der Waals surface area contributed by atoms with Gasteiger partial charge in [-0.2, -0.15) is 4.39 Å². The van der Waals surface area contributed by atoms with Crippen LogP contribution >= 0.6 is 0 Å². The molecule has 0 aromatic heterocycles. The summed E-state index contributed by atoms with van der Waals surface area (Å²) in [6, 6.07) is 0. The summed E-state index contributed by atoms with van der Waals surface area (Å²) in [7, 11) is 0. The normalized spacial score (nSPS) is 33.5. The van der Waals surface area contributed by atoms with Crippen LogP contribution < -0.4 is 11.1 Å². The van der Waals surface area contributed by atoms with Gasteiger partial charge in [0.1, 0.15) is 6.10 Å². The largest absolute Gasteiger partial charge is 0.376 e. The van der Waals surface area contributed by atoms with Gasteiger partial charge in [0.25, 0.3) is 5.97 Å². The van der Waals surface area contributed by atoms with Crippen molar-refractivity contribution >= 4 is 6.21 Å². The fourth-order valence-electron chi connectivity index (χ4n) is 1.05. The van der Waals surface area contributed by atoms with E-state index in [1.807, 2.05) is 0 Å². The van der Waals surface area contributed by atoms with E-state index in [1.54, 1.807) is 0 Å². The highest BCUT2D eigenvalue weighted by atomic mass is 19.1. The Bertz CT molecular complexity index is 264. The zero-order valence-corrected chi connectivity index (χ0v) is 6.87. The Morgan fingerprint density at radius 3 is 3.08 bits per heavy atom. The molecule has 13 heavy (non-hydrogen) atoms. The molecule has 0 saturated carbocycles. The summed E-state index contributed by atoms with van der Waals surface area (Å²) in [5.41, 5.74) is 5.59. The van der Waals surface area contributed by atoms with E-state index >= 15 is 0 Å². The molecular weight excluding hydrogens is 177 g/mol. The highest BCUT2D eigenvalue weighted by molar-refractivity contribution is 5.72. The molecule has 5 nitrogen and oxygen atoms in total. The fraction of sp³-hybridized carbons (Fsp3) is 0.571. The molecule has 0 aliphatic carbocycles. The van der Waals surface area contributed by atoms with Crippen molar-refractivity contribution in [2.24, 2.45) is 10.7 Å². The molecule has 0 bridgehead atoms. The van der Waals surface area contributed by atoms with Crippen LogP contribution in [0.3, 0.4) is 0 Å². The van der Waals surface area contributed by atoms with Gasteiger partial charge in [0.05, 0.1) is 13.2 Å². The Hall–Kier alpha value is -0.980. The molecule has 1 unspecified atom stereocenters. The summed E-state index contributed by atoms with van der Waals surface area (Å²) in [6.45, 7) is 0.947. The summed E-state index contributed by atoms with van der Waals surface area (Å²) in [6.07, 6.45) is 2.33. The molecule has 0 radical (unpaired) electrons. The van der Waals surface area contributed by atoms with Crippen molar-refractivity contribution in [3.05, 3.63) is 12.0 Å². The molecule has 6 heteroatoms. The number of rotatable bonds is 2. The van der Waals surface area contributed by atoms with Crippen LogP contribution in [0.15, 0.2) is 17.0 Å². The van der Waals surface area contributed by atoms with Crippen LogP contribution in [0.5, 0.6) is 0 Å². The van der Waals surface area contributed by atoms with E-state index in [-0.39, 0.29) is 6.10 Å². The molecule has 2 aliphatic heterocycles. The van der Waals surface area contributed by atoms with Crippen LogP contribution in [0.25, 0.3) is 0 Å². The molecule has 0 aromatic rings. The zero-order valence-electron chi connectivity index (χ0n) is 6.87. The van der Waals surface area contributed by atoms with Crippen molar-refractivity contribution in [1.29, 1.82) is 0 Å². The first kappa shape index (κ1) is 8.61. The van der Waals surface area contributed by atoms with Gasteiger partial charge in [-0.25, -0.2) is 4.99 Å².